The summed E-state index contributed by atoms with van der Waals surface area (Å²) in [5.41, 5.74) is 0. The van der Waals surface area contributed by atoms with Crippen LogP contribution in [0.4, 0.5) is 0 Å². The summed E-state index contributed by atoms with van der Waals surface area (Å²) in [5, 5.41) is 0. The van der Waals surface area contributed by atoms with E-state index in [4.69, 9.17) is 0 Å². The Bertz CT molecular complexity index is 398. The molecule has 3 aliphatic rings. The summed E-state index contributed by atoms with van der Waals surface area (Å²) in [4.78, 5) is 0. The van der Waals surface area contributed by atoms with E-state index in [1.54, 1.807) is 3.47 Å². The van der Waals surface area contributed by atoms with Gasteiger partial charge in [-0.05, 0) is 0 Å². The maximum atomic E-state index is 2.39. The maximum absolute atomic E-state index is 2.39. The molecule has 1 heteroatoms. The zero-order valence-corrected chi connectivity index (χ0v) is 13.1. The van der Waals surface area contributed by atoms with Gasteiger partial charge in [0.05, 0.1) is 0 Å². The Kier molecular flexibility index (Phi) is 3.40. The summed E-state index contributed by atoms with van der Waals surface area (Å²) >= 11 is -1.93. The molecule has 0 amide bonds. The van der Waals surface area contributed by atoms with E-state index in [0.29, 0.717) is 0 Å². The van der Waals surface area contributed by atoms with Gasteiger partial charge in [0.1, 0.15) is 0 Å². The SMILES string of the molecule is C1=CC[C]([Pr]([C]2=CC=CC2)[C]2=CC=CC2)=C1. The molecule has 0 fully saturated rings. The monoisotopic (exact) mass is 336 g/mol. The van der Waals surface area contributed by atoms with Crippen LogP contribution in [0.1, 0.15) is 19.3 Å². The molecule has 0 heterocycles. The summed E-state index contributed by atoms with van der Waals surface area (Å²) < 4.78 is 5.35. The third-order valence-electron chi connectivity index (χ3n) is 3.51. The summed E-state index contributed by atoms with van der Waals surface area (Å²) in [7, 11) is 0. The van der Waals surface area contributed by atoms with E-state index in [1.165, 1.54) is 19.3 Å². The van der Waals surface area contributed by atoms with Crippen molar-refractivity contribution < 1.29 is 35.0 Å². The Morgan fingerprint density at radius 2 is 1.00 bits per heavy atom. The molecule has 0 saturated carbocycles. The predicted molar refractivity (Wildman–Crippen MR) is 65.5 cm³/mol. The number of rotatable bonds is 3. The van der Waals surface area contributed by atoms with Gasteiger partial charge in [-0.3, -0.25) is 0 Å². The van der Waals surface area contributed by atoms with Gasteiger partial charge in [-0.15, -0.1) is 0 Å². The molecule has 0 unspecified atom stereocenters. The zero-order chi connectivity index (χ0) is 10.8. The second-order valence-corrected chi connectivity index (χ2v) is 14.5. The fourth-order valence-corrected chi connectivity index (χ4v) is 13.8. The van der Waals surface area contributed by atoms with Crippen LogP contribution in [0, 0.1) is 35.0 Å². The predicted octanol–water partition coefficient (Wildman–Crippen LogP) is 4.14. The summed E-state index contributed by atoms with van der Waals surface area (Å²) in [6, 6.07) is 0. The Labute approximate surface area is 111 Å². The molecule has 0 nitrogen and oxygen atoms in total. The van der Waals surface area contributed by atoms with Crippen LogP contribution in [0.5, 0.6) is 0 Å². The van der Waals surface area contributed by atoms with Crippen molar-refractivity contribution in [3.63, 3.8) is 0 Å². The normalized spacial score (nSPS) is 21.4. The van der Waals surface area contributed by atoms with Crippen LogP contribution in [0.3, 0.4) is 0 Å². The molecule has 0 atom stereocenters. The van der Waals surface area contributed by atoms with Crippen LogP contribution in [0.2, 0.25) is 0 Å². The van der Waals surface area contributed by atoms with Crippen molar-refractivity contribution in [3.05, 3.63) is 58.2 Å². The minimum atomic E-state index is -1.93. The molecule has 0 aromatic rings. The molecule has 0 N–H and O–H groups in total. The van der Waals surface area contributed by atoms with Crippen molar-refractivity contribution in [1.82, 2.24) is 0 Å². The van der Waals surface area contributed by atoms with Gasteiger partial charge < -0.3 is 0 Å². The average molecular weight is 336 g/mol. The molecule has 16 heavy (non-hydrogen) atoms. The van der Waals surface area contributed by atoms with Crippen molar-refractivity contribution in [3.8, 4) is 0 Å². The van der Waals surface area contributed by atoms with Gasteiger partial charge in [-0.25, -0.2) is 0 Å². The first-order valence-electron chi connectivity index (χ1n) is 6.02. The van der Waals surface area contributed by atoms with Crippen molar-refractivity contribution >= 4 is 0 Å². The molecule has 78 valence electrons. The fourth-order valence-electron chi connectivity index (χ4n) is 2.75. The van der Waals surface area contributed by atoms with E-state index in [2.05, 4.69) is 54.7 Å². The van der Waals surface area contributed by atoms with E-state index in [0.717, 1.165) is 0 Å². The topological polar surface area (TPSA) is 0 Å². The van der Waals surface area contributed by atoms with Gasteiger partial charge in [0, 0.05) is 0 Å². The van der Waals surface area contributed by atoms with E-state index in [-0.39, 0.29) is 0 Å². The standard InChI is InChI=1S/3C5H5.Pr/c3*1-2-4-5-3-1;/h3*1-3H,4H2;. The molecular formula is C15H15Pr. The van der Waals surface area contributed by atoms with Crippen molar-refractivity contribution in [2.45, 2.75) is 19.3 Å². The minimum absolute atomic E-state index is 1.22. The number of hydrogen-bond donors (Lipinski definition) is 0. The van der Waals surface area contributed by atoms with E-state index in [9.17, 15) is 0 Å². The van der Waals surface area contributed by atoms with Crippen molar-refractivity contribution in [1.29, 1.82) is 0 Å². The van der Waals surface area contributed by atoms with Gasteiger partial charge >= 0.3 is 112 Å². The van der Waals surface area contributed by atoms with Gasteiger partial charge in [-0.2, -0.15) is 0 Å². The third kappa shape index (κ3) is 2.10. The molecule has 3 aliphatic carbocycles. The molecular weight excluding hydrogens is 321 g/mol. The van der Waals surface area contributed by atoms with Crippen LogP contribution < -0.4 is 0 Å². The summed E-state index contributed by atoms with van der Waals surface area (Å²) in [5.74, 6) is 0. The molecule has 0 aliphatic heterocycles. The molecule has 0 aromatic carbocycles. The van der Waals surface area contributed by atoms with E-state index < -0.39 is 35.0 Å². The molecule has 0 bridgehead atoms. The number of hydrogen-bond acceptors (Lipinski definition) is 0. The first-order valence-corrected chi connectivity index (χ1v) is 11.6. The molecule has 0 spiro atoms. The van der Waals surface area contributed by atoms with Gasteiger partial charge in [-0.1, -0.05) is 0 Å². The van der Waals surface area contributed by atoms with Crippen LogP contribution >= 0.6 is 0 Å². The van der Waals surface area contributed by atoms with Crippen LogP contribution in [-0.4, -0.2) is 0 Å². The summed E-state index contributed by atoms with van der Waals surface area (Å²) in [6.45, 7) is 0. The van der Waals surface area contributed by atoms with Crippen LogP contribution in [-0.2, 0) is 0 Å². The van der Waals surface area contributed by atoms with Crippen LogP contribution in [0.25, 0.3) is 0 Å². The second-order valence-electron chi connectivity index (χ2n) is 4.55. The Morgan fingerprint density at radius 1 is 0.625 bits per heavy atom. The third-order valence-corrected chi connectivity index (χ3v) is 14.8. The quantitative estimate of drug-likeness (QED) is 0.727. The first-order chi connectivity index (χ1) is 7.95. The van der Waals surface area contributed by atoms with Crippen LogP contribution in [0.15, 0.2) is 58.2 Å². The van der Waals surface area contributed by atoms with Crippen molar-refractivity contribution in [2.24, 2.45) is 0 Å². The van der Waals surface area contributed by atoms with E-state index in [1.807, 2.05) is 0 Å². The van der Waals surface area contributed by atoms with Gasteiger partial charge in [0.2, 0.25) is 0 Å². The fraction of sp³-hybridized carbons (Fsp3) is 0.200. The Balaban J connectivity index is 1.89. The van der Waals surface area contributed by atoms with Gasteiger partial charge in [0.25, 0.3) is 0 Å². The van der Waals surface area contributed by atoms with Crippen molar-refractivity contribution in [2.75, 3.05) is 0 Å². The molecule has 3 rings (SSSR count). The zero-order valence-electron chi connectivity index (χ0n) is 9.39. The molecule has 0 aromatic heterocycles. The molecule has 0 saturated heterocycles. The summed E-state index contributed by atoms with van der Waals surface area (Å²) in [6.07, 6.45) is 24.5. The van der Waals surface area contributed by atoms with Gasteiger partial charge in [0.15, 0.2) is 0 Å². The number of allylic oxidation sites excluding steroid dienone is 12. The Hall–Kier alpha value is -0.196. The first kappa shape index (κ1) is 10.9. The molecule has 0 radical (unpaired) electrons. The van der Waals surface area contributed by atoms with E-state index >= 15 is 0 Å². The second kappa shape index (κ2) is 4.98. The Morgan fingerprint density at radius 3 is 1.25 bits per heavy atom. The average Bonchev–Trinajstić information content (AvgIpc) is 3.02.